The van der Waals surface area contributed by atoms with E-state index in [9.17, 15) is 59.4 Å². The van der Waals surface area contributed by atoms with Crippen LogP contribution in [0.25, 0.3) is 11.1 Å². The quantitative estimate of drug-likeness (QED) is 0.0447. The molecule has 0 unspecified atom stereocenters. The molecule has 2 fully saturated rings. The number of hydrazine groups is 1. The summed E-state index contributed by atoms with van der Waals surface area (Å²) in [6, 6.07) is 3.47. The number of methoxy groups -OCH3 is 1. The van der Waals surface area contributed by atoms with Gasteiger partial charge in [-0.2, -0.15) is 40.2 Å². The van der Waals surface area contributed by atoms with Crippen LogP contribution in [-0.4, -0.2) is 162 Å². The van der Waals surface area contributed by atoms with Gasteiger partial charge in [-0.1, -0.05) is 24.0 Å². The zero-order valence-electron chi connectivity index (χ0n) is 43.3. The van der Waals surface area contributed by atoms with Gasteiger partial charge in [-0.15, -0.1) is 0 Å². The van der Waals surface area contributed by atoms with Gasteiger partial charge in [0, 0.05) is 81.6 Å². The Balaban J connectivity index is 1.32. The third kappa shape index (κ3) is 15.1. The van der Waals surface area contributed by atoms with Crippen molar-refractivity contribution in [3.8, 4) is 23.0 Å². The summed E-state index contributed by atoms with van der Waals surface area (Å²) in [6.07, 6.45) is -14.1. The summed E-state index contributed by atoms with van der Waals surface area (Å²) in [5.41, 5.74) is -4.54. The molecule has 2 aliphatic heterocycles. The summed E-state index contributed by atoms with van der Waals surface area (Å²) in [5.74, 6) is 0.261. The van der Waals surface area contributed by atoms with Crippen LogP contribution in [0, 0.1) is 34.3 Å². The number of nitrogens with one attached hydrogen (secondary N) is 4. The van der Waals surface area contributed by atoms with Gasteiger partial charge in [-0.25, -0.2) is 38.0 Å². The minimum Gasteiger partial charge on any atom is -0.453 e. The first-order valence-corrected chi connectivity index (χ1v) is 24.2. The van der Waals surface area contributed by atoms with E-state index in [0.717, 1.165) is 52.7 Å². The van der Waals surface area contributed by atoms with Crippen molar-refractivity contribution >= 4 is 29.9 Å². The second-order valence-electron chi connectivity index (χ2n) is 19.6. The number of aliphatic hydroxyl groups excluding tert-OH is 1. The van der Waals surface area contributed by atoms with Crippen LogP contribution in [0.15, 0.2) is 61.2 Å². The molecule has 4 amide bonds. The molecule has 4 heterocycles. The Morgan fingerprint density at radius 2 is 1.42 bits per heavy atom. The van der Waals surface area contributed by atoms with E-state index in [-0.39, 0.29) is 21.4 Å². The van der Waals surface area contributed by atoms with E-state index in [1.807, 2.05) is 16.1 Å². The Kier molecular flexibility index (Phi) is 19.5. The van der Waals surface area contributed by atoms with Crippen LogP contribution in [0.3, 0.4) is 0 Å². The molecule has 19 nitrogen and oxygen atoms in total. The molecule has 4 aromatic rings. The summed E-state index contributed by atoms with van der Waals surface area (Å²) in [6.45, 7) is 1.27. The molecule has 2 aromatic carbocycles. The van der Waals surface area contributed by atoms with Crippen molar-refractivity contribution in [3.05, 3.63) is 95.1 Å². The molecular formula is C50H57F10N11O8. The number of piperazine rings is 1. The number of alkyl carbamates (subject to hydrolysis) is 2. The third-order valence-electron chi connectivity index (χ3n) is 13.4. The van der Waals surface area contributed by atoms with E-state index < -0.39 is 115 Å². The Morgan fingerprint density at radius 1 is 0.823 bits per heavy atom. The van der Waals surface area contributed by atoms with Crippen LogP contribution >= 0.6 is 0 Å². The van der Waals surface area contributed by atoms with Gasteiger partial charge in [-0.05, 0) is 69.5 Å². The first-order chi connectivity index (χ1) is 37.0. The highest BCUT2D eigenvalue weighted by Crippen LogP contribution is 2.43. The number of nitrogens with zero attached hydrogens (tertiary/aromatic N) is 7. The van der Waals surface area contributed by atoms with Crippen LogP contribution in [0.5, 0.6) is 0 Å². The molecule has 430 valence electrons. The lowest BCUT2D eigenvalue weighted by atomic mass is 9.82. The maximum absolute atomic E-state index is 16.0. The number of amides is 4. The number of hydrogen-bond donors (Lipinski definition) is 5. The van der Waals surface area contributed by atoms with Gasteiger partial charge >= 0.3 is 31.1 Å². The molecule has 2 aliphatic rings. The number of carbonyl (C=O) groups excluding carboxylic acids is 4. The minimum absolute atomic E-state index is 0.179. The fourth-order valence-corrected chi connectivity index (χ4v) is 8.12. The number of hydrogen-bond acceptors (Lipinski definition) is 14. The molecule has 5 N–H and O–H groups in total. The molecule has 0 saturated carbocycles. The lowest BCUT2D eigenvalue weighted by Gasteiger charge is -2.42. The first kappa shape index (κ1) is 60.9. The largest absolute Gasteiger partial charge is 0.453 e. The maximum Gasteiger partial charge on any atom is 0.407 e. The number of alkyl halides is 8. The summed E-state index contributed by atoms with van der Waals surface area (Å²) < 4.78 is 160. The predicted octanol–water partition coefficient (Wildman–Crippen LogP) is 5.48. The van der Waals surface area contributed by atoms with Gasteiger partial charge in [-0.3, -0.25) is 19.9 Å². The van der Waals surface area contributed by atoms with Crippen LogP contribution in [0.2, 0.25) is 0 Å². The number of aromatic nitrogens is 4. The fourth-order valence-electron chi connectivity index (χ4n) is 8.12. The predicted molar refractivity (Wildman–Crippen MR) is 260 cm³/mol. The van der Waals surface area contributed by atoms with Crippen molar-refractivity contribution in [2.75, 3.05) is 65.0 Å². The summed E-state index contributed by atoms with van der Waals surface area (Å²) in [4.78, 5) is 66.1. The number of halogens is 10. The number of ether oxygens (including phenoxy) is 3. The lowest BCUT2D eigenvalue weighted by molar-refractivity contribution is -0.239. The van der Waals surface area contributed by atoms with Gasteiger partial charge in [0.2, 0.25) is 11.9 Å². The SMILES string of the molecule is CNC(=O)O[C@H](C(=O)NN(Cc1c(F)cc(-c2cnn(C(F)F)c2)cc1F)C[C@H](O)[C@H](Cc1ccc(C#Cc2cnc(N3CCN(C4COC4)CC3)nc2)cc1)NC(=O)[C@@H](NC(=O)OC)C(C)(C)C(F)(F)F)C(C)(C)C(F)(F)F. The molecule has 79 heavy (non-hydrogen) atoms. The van der Waals surface area contributed by atoms with Crippen molar-refractivity contribution < 1.29 is 82.4 Å². The van der Waals surface area contributed by atoms with Crippen molar-refractivity contribution in [1.82, 2.24) is 51.0 Å². The van der Waals surface area contributed by atoms with Crippen molar-refractivity contribution in [1.29, 1.82) is 0 Å². The smallest absolute Gasteiger partial charge is 0.407 e. The highest BCUT2D eigenvalue weighted by Gasteiger charge is 2.58. The summed E-state index contributed by atoms with van der Waals surface area (Å²) >= 11 is 0. The van der Waals surface area contributed by atoms with Gasteiger partial charge in [0.1, 0.15) is 23.1 Å². The van der Waals surface area contributed by atoms with Crippen LogP contribution in [0.4, 0.5) is 59.4 Å². The molecule has 0 spiro atoms. The zero-order valence-corrected chi connectivity index (χ0v) is 43.3. The highest BCUT2D eigenvalue weighted by molar-refractivity contribution is 5.87. The minimum atomic E-state index is -5.27. The van der Waals surface area contributed by atoms with Crippen LogP contribution in [-0.2, 0) is 36.8 Å². The van der Waals surface area contributed by atoms with Crippen molar-refractivity contribution in [3.63, 3.8) is 0 Å². The van der Waals surface area contributed by atoms with Gasteiger partial charge in [0.15, 0.2) is 6.10 Å². The Bertz CT molecular complexity index is 2810. The molecule has 2 saturated heterocycles. The molecule has 4 atom stereocenters. The summed E-state index contributed by atoms with van der Waals surface area (Å²) in [5, 5.41) is 22.0. The van der Waals surface area contributed by atoms with Crippen molar-refractivity contribution in [2.45, 2.75) is 89.9 Å². The third-order valence-corrected chi connectivity index (χ3v) is 13.4. The molecule has 6 rings (SSSR count). The van der Waals surface area contributed by atoms with E-state index in [0.29, 0.717) is 81.2 Å². The standard InChI is InChI=1S/C50H57F10N11O8/c1-47(2,49(55,56)57)39(66-46(76)77-6)41(73)65-37(17-29-10-7-28(8-11-29)9-12-30-20-62-44(63-21-30)69-15-13-68(14-16-69)33-26-78-27-33)38(72)25-70(67-42(74)40(79-45(75)61-5)48(3,4)50(58,59)60)24-34-35(51)18-31(19-36(34)52)32-22-64-71(23-32)43(53)54/h7-8,10-11,18-23,33,37-40,43,72H,13-17,24-27H2,1-6H3,(H,61,75)(H,65,73)(H,66,76)(H,67,74)/t37-,38-,39+,40+/m0/s1. The Labute approximate surface area is 446 Å². The second kappa shape index (κ2) is 25.2. The number of aliphatic hydroxyl groups is 1. The number of rotatable bonds is 19. The molecule has 29 heteroatoms. The second-order valence-corrected chi connectivity index (χ2v) is 19.6. The first-order valence-electron chi connectivity index (χ1n) is 24.2. The zero-order chi connectivity index (χ0) is 58.2. The van der Waals surface area contributed by atoms with E-state index in [2.05, 4.69) is 46.8 Å². The van der Waals surface area contributed by atoms with E-state index >= 15 is 8.78 Å². The van der Waals surface area contributed by atoms with Crippen LogP contribution in [0.1, 0.15) is 56.5 Å². The maximum atomic E-state index is 16.0. The molecular weight excluding hydrogens is 1070 g/mol. The molecule has 2 aromatic heterocycles. The van der Waals surface area contributed by atoms with Crippen LogP contribution < -0.4 is 26.3 Å². The summed E-state index contributed by atoms with van der Waals surface area (Å²) in [7, 11) is 1.78. The van der Waals surface area contributed by atoms with Gasteiger partial charge in [0.05, 0.1) is 55.7 Å². The fraction of sp³-hybridized carbons (Fsp3) is 0.500. The van der Waals surface area contributed by atoms with Crippen molar-refractivity contribution in [2.24, 2.45) is 10.8 Å². The molecule has 0 radical (unpaired) electrons. The number of carbonyl (C=O) groups is 4. The Morgan fingerprint density at radius 3 is 1.94 bits per heavy atom. The average molecular weight is 1130 g/mol. The normalized spacial score (nSPS) is 16.2. The number of anilines is 1. The lowest BCUT2D eigenvalue weighted by Crippen LogP contribution is -2.62. The average Bonchev–Trinajstić information content (AvgIpc) is 3.99. The van der Waals surface area contributed by atoms with E-state index in [1.165, 1.54) is 24.3 Å². The Hall–Kier alpha value is -7.29. The van der Waals surface area contributed by atoms with E-state index in [4.69, 9.17) is 9.47 Å². The molecule has 0 bridgehead atoms. The molecule has 0 aliphatic carbocycles. The van der Waals surface area contributed by atoms with E-state index in [1.54, 1.807) is 12.4 Å². The monoisotopic (exact) mass is 1130 g/mol. The van der Waals surface area contributed by atoms with Gasteiger partial charge < -0.3 is 40.2 Å². The van der Waals surface area contributed by atoms with Gasteiger partial charge in [0.25, 0.3) is 5.91 Å². The topological polar surface area (TPSA) is 218 Å². The number of benzene rings is 2. The highest BCUT2D eigenvalue weighted by atomic mass is 19.4.